The van der Waals surface area contributed by atoms with Crippen LogP contribution in [0.5, 0.6) is 0 Å². The number of anilines is 1. The molecule has 0 saturated carbocycles. The lowest BCUT2D eigenvalue weighted by atomic mass is 9.70. The molecule has 146 valence electrons. The van der Waals surface area contributed by atoms with Crippen LogP contribution in [0, 0.1) is 5.41 Å². The Morgan fingerprint density at radius 2 is 1.97 bits per heavy atom. The second-order valence-electron chi connectivity index (χ2n) is 7.95. The Kier molecular flexibility index (Phi) is 4.10. The van der Waals surface area contributed by atoms with Gasteiger partial charge in [0, 0.05) is 17.5 Å². The molecule has 5 rings (SSSR count). The molecule has 3 aromatic rings. The van der Waals surface area contributed by atoms with Crippen LogP contribution in [0.3, 0.4) is 0 Å². The van der Waals surface area contributed by atoms with Gasteiger partial charge in [0.1, 0.15) is 0 Å². The van der Waals surface area contributed by atoms with Crippen molar-refractivity contribution in [1.29, 1.82) is 0 Å². The van der Waals surface area contributed by atoms with E-state index in [4.69, 9.17) is 0 Å². The van der Waals surface area contributed by atoms with Crippen molar-refractivity contribution in [1.82, 2.24) is 10.3 Å². The molecule has 1 fully saturated rings. The highest BCUT2D eigenvalue weighted by atomic mass is 16.5. The highest BCUT2D eigenvalue weighted by Crippen LogP contribution is 2.41. The topological polar surface area (TPSA) is 82.5 Å². The number of hydrogen-bond donors (Lipinski definition) is 2. The smallest absolute Gasteiger partial charge is 0.282 e. The van der Waals surface area contributed by atoms with Gasteiger partial charge in [-0.3, -0.25) is 19.8 Å². The summed E-state index contributed by atoms with van der Waals surface area (Å²) in [4.78, 5) is 29.4. The van der Waals surface area contributed by atoms with Crippen LogP contribution in [0.4, 0.5) is 5.69 Å². The first-order valence-corrected chi connectivity index (χ1v) is 9.84. The molecule has 1 saturated heterocycles. The molecule has 2 aromatic carbocycles. The minimum Gasteiger partial charge on any atom is -0.356 e. The fraction of sp³-hybridized carbons (Fsp3) is 0.261. The fourth-order valence-electron chi connectivity index (χ4n) is 4.53. The van der Waals surface area contributed by atoms with Crippen molar-refractivity contribution in [3.8, 4) is 0 Å². The zero-order valence-electron chi connectivity index (χ0n) is 15.9. The molecule has 2 N–H and O–H groups in total. The Morgan fingerprint density at radius 3 is 2.79 bits per heavy atom. The van der Waals surface area contributed by atoms with Gasteiger partial charge in [-0.25, -0.2) is 0 Å². The summed E-state index contributed by atoms with van der Waals surface area (Å²) in [5.41, 5.74) is 3.45. The highest BCUT2D eigenvalue weighted by molar-refractivity contribution is 6.05. The third-order valence-corrected chi connectivity index (χ3v) is 6.24. The number of nitrogens with zero attached hydrogens (tertiary/aromatic N) is 2. The number of hydrogen-bond acceptors (Lipinski definition) is 4. The highest BCUT2D eigenvalue weighted by Gasteiger charge is 2.44. The van der Waals surface area contributed by atoms with E-state index in [1.807, 2.05) is 36.4 Å². The Balaban J connectivity index is 1.41. The van der Waals surface area contributed by atoms with Crippen molar-refractivity contribution in [2.45, 2.75) is 25.7 Å². The molecule has 2 aliphatic rings. The van der Waals surface area contributed by atoms with Crippen LogP contribution in [-0.4, -0.2) is 28.6 Å². The van der Waals surface area contributed by atoms with Gasteiger partial charge in [-0.15, -0.1) is 0 Å². The first-order valence-electron chi connectivity index (χ1n) is 9.84. The number of carbonyl (C=O) groups excluding carboxylic acids is 2. The first kappa shape index (κ1) is 17.8. The van der Waals surface area contributed by atoms with Crippen molar-refractivity contribution in [2.75, 3.05) is 11.6 Å². The summed E-state index contributed by atoms with van der Waals surface area (Å²) in [5.74, 6) is -0.350. The largest absolute Gasteiger partial charge is 0.356 e. The van der Waals surface area contributed by atoms with Crippen LogP contribution in [0.1, 0.15) is 34.3 Å². The summed E-state index contributed by atoms with van der Waals surface area (Å²) >= 11 is 0. The lowest BCUT2D eigenvalue weighted by Gasteiger charge is -2.32. The number of carbonyl (C=O) groups is 2. The molecule has 6 nitrogen and oxygen atoms in total. The average molecular weight is 387 g/mol. The third-order valence-electron chi connectivity index (χ3n) is 6.24. The molecule has 0 radical (unpaired) electrons. The minimum atomic E-state index is -0.497. The Morgan fingerprint density at radius 1 is 1.10 bits per heavy atom. The van der Waals surface area contributed by atoms with Crippen LogP contribution in [0.25, 0.3) is 10.9 Å². The summed E-state index contributed by atoms with van der Waals surface area (Å²) in [5, 5.41) is 14.9. The standard InChI is InChI=1S/C23H21N3O3/c27-21(26(29)19-12-16-3-1-2-4-20(16)25-14-19)17-5-6-18-13-23(8-7-15(18)11-17)9-10-24-22(23)28/h1-6,11-12,14,29H,7-10,13H2,(H,24,28)/t23-/m1/s1. The van der Waals surface area contributed by atoms with Gasteiger partial charge in [0.15, 0.2) is 0 Å². The van der Waals surface area contributed by atoms with Crippen molar-refractivity contribution in [3.63, 3.8) is 0 Å². The number of fused-ring (bicyclic) bond motifs is 2. The predicted octanol–water partition coefficient (Wildman–Crippen LogP) is 3.27. The molecule has 1 aliphatic carbocycles. The van der Waals surface area contributed by atoms with Crippen molar-refractivity contribution in [2.24, 2.45) is 5.41 Å². The maximum atomic E-state index is 12.9. The number of pyridine rings is 1. The second-order valence-corrected chi connectivity index (χ2v) is 7.95. The maximum Gasteiger partial charge on any atom is 0.282 e. The zero-order valence-corrected chi connectivity index (χ0v) is 15.9. The van der Waals surface area contributed by atoms with Crippen molar-refractivity contribution >= 4 is 28.4 Å². The minimum absolute atomic E-state index is 0.147. The van der Waals surface area contributed by atoms with E-state index in [9.17, 15) is 14.8 Å². The molecule has 29 heavy (non-hydrogen) atoms. The molecule has 0 bridgehead atoms. The SMILES string of the molecule is O=C(c1ccc2c(c1)CC[C@@]1(CCNC1=O)C2)N(O)c1cnc2ccccc2c1. The van der Waals surface area contributed by atoms with Gasteiger partial charge < -0.3 is 5.32 Å². The zero-order chi connectivity index (χ0) is 20.0. The molecular formula is C23H21N3O3. The van der Waals surface area contributed by atoms with E-state index in [0.29, 0.717) is 22.7 Å². The molecule has 1 atom stereocenters. The molecule has 1 spiro atoms. The van der Waals surface area contributed by atoms with Crippen LogP contribution in [0.2, 0.25) is 0 Å². The molecule has 1 aliphatic heterocycles. The van der Waals surface area contributed by atoms with Crippen LogP contribution in [0.15, 0.2) is 54.7 Å². The monoisotopic (exact) mass is 387 g/mol. The summed E-state index contributed by atoms with van der Waals surface area (Å²) < 4.78 is 0. The number of nitrogens with one attached hydrogen (secondary N) is 1. The van der Waals surface area contributed by atoms with E-state index in [1.54, 1.807) is 12.1 Å². The Bertz CT molecular complexity index is 1140. The molecule has 1 aromatic heterocycles. The van der Waals surface area contributed by atoms with E-state index in [1.165, 1.54) is 6.20 Å². The fourth-order valence-corrected chi connectivity index (χ4v) is 4.53. The molecule has 0 unspecified atom stereocenters. The number of aromatic nitrogens is 1. The van der Waals surface area contributed by atoms with Gasteiger partial charge >= 0.3 is 0 Å². The van der Waals surface area contributed by atoms with Crippen molar-refractivity contribution < 1.29 is 14.8 Å². The molecular weight excluding hydrogens is 366 g/mol. The van der Waals surface area contributed by atoms with Gasteiger partial charge in [-0.05, 0) is 61.1 Å². The van der Waals surface area contributed by atoms with Crippen LogP contribution < -0.4 is 10.4 Å². The summed E-state index contributed by atoms with van der Waals surface area (Å²) in [6.45, 7) is 0.740. The average Bonchev–Trinajstić information content (AvgIpc) is 3.11. The van der Waals surface area contributed by atoms with E-state index in [2.05, 4.69) is 10.3 Å². The van der Waals surface area contributed by atoms with E-state index < -0.39 is 5.91 Å². The number of benzene rings is 2. The second kappa shape index (κ2) is 6.67. The lowest BCUT2D eigenvalue weighted by Crippen LogP contribution is -2.36. The molecule has 6 heteroatoms. The number of hydroxylamine groups is 1. The predicted molar refractivity (Wildman–Crippen MR) is 109 cm³/mol. The van der Waals surface area contributed by atoms with Gasteiger partial charge in [0.2, 0.25) is 5.91 Å². The number of rotatable bonds is 2. The normalized spacial score (nSPS) is 20.5. The summed E-state index contributed by atoms with van der Waals surface area (Å²) in [7, 11) is 0. The van der Waals surface area contributed by atoms with Gasteiger partial charge in [0.05, 0.1) is 22.8 Å². The quantitative estimate of drug-likeness (QED) is 0.522. The van der Waals surface area contributed by atoms with Crippen molar-refractivity contribution in [3.05, 3.63) is 71.4 Å². The number of amides is 2. The molecule has 2 heterocycles. The summed E-state index contributed by atoms with van der Waals surface area (Å²) in [6.07, 6.45) is 4.61. The number of para-hydroxylation sites is 1. The first-order chi connectivity index (χ1) is 14.1. The third kappa shape index (κ3) is 2.96. The van der Waals surface area contributed by atoms with Crippen LogP contribution in [-0.2, 0) is 17.6 Å². The van der Waals surface area contributed by atoms with Gasteiger partial charge in [-0.2, -0.15) is 5.06 Å². The maximum absolute atomic E-state index is 12.9. The Hall–Kier alpha value is -3.25. The van der Waals surface area contributed by atoms with Gasteiger partial charge in [-0.1, -0.05) is 24.3 Å². The van der Waals surface area contributed by atoms with Crippen LogP contribution >= 0.6 is 0 Å². The molecule has 2 amide bonds. The van der Waals surface area contributed by atoms with E-state index in [-0.39, 0.29) is 11.3 Å². The van der Waals surface area contributed by atoms with E-state index >= 15 is 0 Å². The van der Waals surface area contributed by atoms with Gasteiger partial charge in [0.25, 0.3) is 5.91 Å². The number of aryl methyl sites for hydroxylation is 1. The van der Waals surface area contributed by atoms with E-state index in [0.717, 1.165) is 47.8 Å². The lowest BCUT2D eigenvalue weighted by molar-refractivity contribution is -0.128. The summed E-state index contributed by atoms with van der Waals surface area (Å²) in [6, 6.07) is 14.8. The Labute approximate surface area is 168 Å².